The lowest BCUT2D eigenvalue weighted by Crippen LogP contribution is -1.94. The fraction of sp³-hybridized carbons (Fsp3) is 0. The van der Waals surface area contributed by atoms with E-state index in [0.29, 0.717) is 16.7 Å². The summed E-state index contributed by atoms with van der Waals surface area (Å²) in [5.41, 5.74) is 1.21. The van der Waals surface area contributed by atoms with E-state index in [-0.39, 0.29) is 5.76 Å². The highest BCUT2D eigenvalue weighted by Gasteiger charge is 2.20. The van der Waals surface area contributed by atoms with Gasteiger partial charge in [-0.05, 0) is 12.1 Å². The normalized spacial score (nSPS) is 10.7. The Morgan fingerprint density at radius 2 is 1.89 bits per heavy atom. The van der Waals surface area contributed by atoms with Gasteiger partial charge in [0.15, 0.2) is 0 Å². The van der Waals surface area contributed by atoms with Crippen molar-refractivity contribution in [1.29, 1.82) is 0 Å². The van der Waals surface area contributed by atoms with Crippen molar-refractivity contribution >= 4 is 16.9 Å². The maximum atomic E-state index is 11.1. The molecule has 4 heteroatoms. The largest absolute Gasteiger partial charge is 0.475 e. The summed E-state index contributed by atoms with van der Waals surface area (Å²) in [4.78, 5) is 15.2. The first kappa shape index (κ1) is 10.5. The van der Waals surface area contributed by atoms with E-state index in [0.717, 1.165) is 5.56 Å². The average Bonchev–Trinajstić information content (AvgIpc) is 2.79. The van der Waals surface area contributed by atoms with Crippen LogP contribution in [0.1, 0.15) is 10.6 Å². The molecule has 3 aromatic rings. The second-order valence-corrected chi connectivity index (χ2v) is 3.83. The summed E-state index contributed by atoms with van der Waals surface area (Å²) in [6, 6.07) is 13.0. The molecule has 0 amide bonds. The van der Waals surface area contributed by atoms with Gasteiger partial charge in [0.05, 0.1) is 0 Å². The first-order valence-electron chi connectivity index (χ1n) is 5.43. The van der Waals surface area contributed by atoms with Gasteiger partial charge >= 0.3 is 5.97 Å². The Morgan fingerprint density at radius 1 is 1.11 bits per heavy atom. The Hall–Kier alpha value is -2.62. The zero-order valence-corrected chi connectivity index (χ0v) is 9.33. The molecule has 0 radical (unpaired) electrons. The van der Waals surface area contributed by atoms with Crippen molar-refractivity contribution in [3.05, 3.63) is 54.4 Å². The summed E-state index contributed by atoms with van der Waals surface area (Å²) in [5.74, 6) is -0.693. The number of furan rings is 1. The highest BCUT2D eigenvalue weighted by Crippen LogP contribution is 2.32. The SMILES string of the molecule is O=C(O)c1oc(-c2ccccc2)c2cccnc12. The van der Waals surface area contributed by atoms with Gasteiger partial charge in [-0.3, -0.25) is 4.98 Å². The summed E-state index contributed by atoms with van der Waals surface area (Å²) in [6.07, 6.45) is 1.55. The van der Waals surface area contributed by atoms with E-state index in [2.05, 4.69) is 4.98 Å². The third-order valence-electron chi connectivity index (χ3n) is 2.70. The molecule has 2 aromatic heterocycles. The molecule has 18 heavy (non-hydrogen) atoms. The number of hydrogen-bond acceptors (Lipinski definition) is 3. The second kappa shape index (κ2) is 4.00. The van der Waals surface area contributed by atoms with Crippen molar-refractivity contribution in [2.24, 2.45) is 0 Å². The van der Waals surface area contributed by atoms with Crippen LogP contribution >= 0.6 is 0 Å². The Bertz CT molecular complexity index is 716. The zero-order chi connectivity index (χ0) is 12.5. The minimum Gasteiger partial charge on any atom is -0.475 e. The van der Waals surface area contributed by atoms with Gasteiger partial charge in [0.25, 0.3) is 0 Å². The third kappa shape index (κ3) is 1.55. The van der Waals surface area contributed by atoms with Crippen LogP contribution in [0.15, 0.2) is 53.1 Å². The lowest BCUT2D eigenvalue weighted by atomic mass is 10.1. The molecule has 0 bridgehead atoms. The number of nitrogens with zero attached hydrogens (tertiary/aromatic N) is 1. The van der Waals surface area contributed by atoms with Crippen LogP contribution < -0.4 is 0 Å². The lowest BCUT2D eigenvalue weighted by molar-refractivity contribution is 0.0666. The topological polar surface area (TPSA) is 63.3 Å². The standard InChI is InChI=1S/C14H9NO3/c16-14(17)13-11-10(7-4-8-15-11)12(18-13)9-5-2-1-3-6-9/h1-8H,(H,16,17). The van der Waals surface area contributed by atoms with Gasteiger partial charge in [-0.2, -0.15) is 0 Å². The molecule has 2 heterocycles. The van der Waals surface area contributed by atoms with Crippen LogP contribution in [0.25, 0.3) is 22.2 Å². The summed E-state index contributed by atoms with van der Waals surface area (Å²) in [6.45, 7) is 0. The molecule has 0 atom stereocenters. The van der Waals surface area contributed by atoms with Crippen molar-refractivity contribution in [3.8, 4) is 11.3 Å². The number of benzene rings is 1. The Balaban J connectivity index is 2.34. The number of aromatic nitrogens is 1. The molecule has 0 saturated heterocycles. The molecule has 4 nitrogen and oxygen atoms in total. The van der Waals surface area contributed by atoms with E-state index in [1.807, 2.05) is 30.3 Å². The highest BCUT2D eigenvalue weighted by molar-refractivity contribution is 6.04. The second-order valence-electron chi connectivity index (χ2n) is 3.83. The van der Waals surface area contributed by atoms with Gasteiger partial charge in [-0.15, -0.1) is 0 Å². The maximum Gasteiger partial charge on any atom is 0.374 e. The van der Waals surface area contributed by atoms with Crippen molar-refractivity contribution < 1.29 is 14.3 Å². The van der Waals surface area contributed by atoms with Gasteiger partial charge in [0.1, 0.15) is 11.3 Å². The number of rotatable bonds is 2. The van der Waals surface area contributed by atoms with Gasteiger partial charge in [0.2, 0.25) is 5.76 Å². The Labute approximate surface area is 103 Å². The fourth-order valence-corrected chi connectivity index (χ4v) is 1.92. The zero-order valence-electron chi connectivity index (χ0n) is 9.33. The van der Waals surface area contributed by atoms with Crippen molar-refractivity contribution in [1.82, 2.24) is 4.98 Å². The minimum atomic E-state index is -1.11. The van der Waals surface area contributed by atoms with Crippen LogP contribution in [0.4, 0.5) is 0 Å². The van der Waals surface area contributed by atoms with Crippen LogP contribution in [0.3, 0.4) is 0 Å². The lowest BCUT2D eigenvalue weighted by Gasteiger charge is -1.96. The van der Waals surface area contributed by atoms with Gasteiger partial charge in [-0.1, -0.05) is 30.3 Å². The van der Waals surface area contributed by atoms with E-state index >= 15 is 0 Å². The van der Waals surface area contributed by atoms with E-state index in [4.69, 9.17) is 9.52 Å². The summed E-state index contributed by atoms with van der Waals surface area (Å²) < 4.78 is 5.45. The van der Waals surface area contributed by atoms with E-state index in [9.17, 15) is 4.79 Å². The predicted octanol–water partition coefficient (Wildman–Crippen LogP) is 3.19. The smallest absolute Gasteiger partial charge is 0.374 e. The van der Waals surface area contributed by atoms with Crippen LogP contribution in [0, 0.1) is 0 Å². The first-order valence-corrected chi connectivity index (χ1v) is 5.43. The first-order chi connectivity index (χ1) is 8.77. The molecule has 0 fully saturated rings. The molecular weight excluding hydrogens is 230 g/mol. The van der Waals surface area contributed by atoms with E-state index in [1.165, 1.54) is 0 Å². The number of aromatic carboxylic acids is 1. The van der Waals surface area contributed by atoms with Crippen molar-refractivity contribution in [2.45, 2.75) is 0 Å². The molecule has 0 unspecified atom stereocenters. The molecule has 0 saturated carbocycles. The molecule has 0 spiro atoms. The molecule has 0 aliphatic heterocycles. The van der Waals surface area contributed by atoms with Crippen LogP contribution in [0.5, 0.6) is 0 Å². The fourth-order valence-electron chi connectivity index (χ4n) is 1.92. The molecule has 3 rings (SSSR count). The number of carboxylic acid groups (broad SMARTS) is 1. The Morgan fingerprint density at radius 3 is 2.61 bits per heavy atom. The Kier molecular flexibility index (Phi) is 2.34. The molecule has 0 aliphatic rings. The van der Waals surface area contributed by atoms with Crippen molar-refractivity contribution in [2.75, 3.05) is 0 Å². The monoisotopic (exact) mass is 239 g/mol. The number of pyridine rings is 1. The number of carbonyl (C=O) groups is 1. The summed E-state index contributed by atoms with van der Waals surface area (Å²) in [5, 5.41) is 9.82. The molecular formula is C14H9NO3. The third-order valence-corrected chi connectivity index (χ3v) is 2.70. The van der Waals surface area contributed by atoms with Gasteiger partial charge in [0, 0.05) is 17.1 Å². The quantitative estimate of drug-likeness (QED) is 0.745. The van der Waals surface area contributed by atoms with E-state index < -0.39 is 5.97 Å². The summed E-state index contributed by atoms with van der Waals surface area (Å²) >= 11 is 0. The van der Waals surface area contributed by atoms with Gasteiger partial charge in [-0.25, -0.2) is 4.79 Å². The highest BCUT2D eigenvalue weighted by atomic mass is 16.4. The van der Waals surface area contributed by atoms with Crippen LogP contribution in [-0.2, 0) is 0 Å². The van der Waals surface area contributed by atoms with Gasteiger partial charge < -0.3 is 9.52 Å². The molecule has 0 aliphatic carbocycles. The van der Waals surface area contributed by atoms with Crippen LogP contribution in [0.2, 0.25) is 0 Å². The molecule has 1 N–H and O–H groups in total. The van der Waals surface area contributed by atoms with Crippen molar-refractivity contribution in [3.63, 3.8) is 0 Å². The number of carboxylic acids is 1. The maximum absolute atomic E-state index is 11.1. The van der Waals surface area contributed by atoms with E-state index in [1.54, 1.807) is 18.3 Å². The average molecular weight is 239 g/mol. The molecule has 88 valence electrons. The molecule has 1 aromatic carbocycles. The number of hydrogen-bond donors (Lipinski definition) is 1. The number of fused-ring (bicyclic) bond motifs is 1. The minimum absolute atomic E-state index is 0.121. The predicted molar refractivity (Wildman–Crippen MR) is 66.4 cm³/mol. The van der Waals surface area contributed by atoms with Crippen LogP contribution in [-0.4, -0.2) is 16.1 Å². The summed E-state index contributed by atoms with van der Waals surface area (Å²) in [7, 11) is 0.